The second-order valence-corrected chi connectivity index (χ2v) is 8.10. The molecule has 1 aromatic heterocycles. The topological polar surface area (TPSA) is 76.4 Å². The fourth-order valence-corrected chi connectivity index (χ4v) is 3.40. The highest BCUT2D eigenvalue weighted by atomic mass is 35.5. The second-order valence-electron chi connectivity index (χ2n) is 7.28. The minimum absolute atomic E-state index is 0.0572. The number of amides is 1. The lowest BCUT2D eigenvalue weighted by Crippen LogP contribution is -2.34. The monoisotopic (exact) mass is 465 g/mol. The normalized spacial score (nSPS) is 10.9. The summed E-state index contributed by atoms with van der Waals surface area (Å²) in [5, 5.41) is 6.18. The molecular formula is C24H20ClN3O3S. The molecule has 0 spiro atoms. The maximum absolute atomic E-state index is 12.5. The first-order valence-electron chi connectivity index (χ1n) is 9.93. The number of aromatic nitrogens is 1. The van der Waals surface area contributed by atoms with Gasteiger partial charge in [0, 0.05) is 11.1 Å². The number of nitrogens with one attached hydrogen (secondary N) is 2. The van der Waals surface area contributed by atoms with E-state index >= 15 is 0 Å². The van der Waals surface area contributed by atoms with Crippen molar-refractivity contribution < 1.29 is 13.9 Å². The van der Waals surface area contributed by atoms with E-state index < -0.39 is 0 Å². The van der Waals surface area contributed by atoms with Crippen LogP contribution < -0.4 is 15.4 Å². The van der Waals surface area contributed by atoms with Gasteiger partial charge in [0.1, 0.15) is 11.3 Å². The second kappa shape index (κ2) is 9.38. The third-order valence-corrected chi connectivity index (χ3v) is 5.00. The van der Waals surface area contributed by atoms with Crippen molar-refractivity contribution in [1.29, 1.82) is 0 Å². The number of hydrogen-bond acceptors (Lipinski definition) is 5. The molecule has 0 radical (unpaired) electrons. The van der Waals surface area contributed by atoms with Crippen molar-refractivity contribution in [2.45, 2.75) is 20.0 Å². The van der Waals surface area contributed by atoms with Gasteiger partial charge in [-0.15, -0.1) is 0 Å². The number of carbonyl (C=O) groups excluding carboxylic acids is 1. The van der Waals surface area contributed by atoms with E-state index in [9.17, 15) is 4.79 Å². The standard InChI is InChI=1S/C24H20ClN3O3S/c1-14(2)30-17-10-7-15(8-11-17)22(29)28-24(32)27-20-13-16(9-12-18(20)25)23-26-19-5-3-4-6-21(19)31-23/h3-14H,1-2H3,(H2,27,28,29,32). The van der Waals surface area contributed by atoms with Crippen LogP contribution in [-0.4, -0.2) is 22.1 Å². The van der Waals surface area contributed by atoms with Gasteiger partial charge in [-0.05, 0) is 80.7 Å². The van der Waals surface area contributed by atoms with Gasteiger partial charge >= 0.3 is 0 Å². The van der Waals surface area contributed by atoms with Gasteiger partial charge in [-0.1, -0.05) is 23.7 Å². The largest absolute Gasteiger partial charge is 0.491 e. The molecule has 32 heavy (non-hydrogen) atoms. The van der Waals surface area contributed by atoms with Gasteiger partial charge < -0.3 is 14.5 Å². The first-order chi connectivity index (χ1) is 15.4. The molecule has 1 amide bonds. The number of nitrogens with zero attached hydrogens (tertiary/aromatic N) is 1. The molecule has 0 unspecified atom stereocenters. The van der Waals surface area contributed by atoms with Crippen LogP contribution in [0.3, 0.4) is 0 Å². The Morgan fingerprint density at radius 3 is 2.56 bits per heavy atom. The number of para-hydroxylation sites is 2. The Balaban J connectivity index is 1.45. The highest BCUT2D eigenvalue weighted by molar-refractivity contribution is 7.80. The Morgan fingerprint density at radius 2 is 1.84 bits per heavy atom. The molecule has 0 aliphatic rings. The summed E-state index contributed by atoms with van der Waals surface area (Å²) in [6.45, 7) is 3.88. The van der Waals surface area contributed by atoms with E-state index in [1.807, 2.05) is 38.1 Å². The number of benzene rings is 3. The predicted molar refractivity (Wildman–Crippen MR) is 130 cm³/mol. The fraction of sp³-hybridized carbons (Fsp3) is 0.125. The number of ether oxygens (including phenoxy) is 1. The average molecular weight is 466 g/mol. The Hall–Kier alpha value is -3.42. The van der Waals surface area contributed by atoms with Gasteiger partial charge in [0.2, 0.25) is 5.89 Å². The molecular weight excluding hydrogens is 446 g/mol. The summed E-state index contributed by atoms with van der Waals surface area (Å²) in [6, 6.07) is 19.6. The highest BCUT2D eigenvalue weighted by Crippen LogP contribution is 2.30. The quantitative estimate of drug-likeness (QED) is 0.349. The van der Waals surface area contributed by atoms with E-state index in [0.717, 1.165) is 11.1 Å². The Labute approximate surface area is 195 Å². The molecule has 0 saturated carbocycles. The summed E-state index contributed by atoms with van der Waals surface area (Å²) in [5.41, 5.74) is 3.16. The van der Waals surface area contributed by atoms with E-state index in [2.05, 4.69) is 15.6 Å². The summed E-state index contributed by atoms with van der Waals surface area (Å²) in [5.74, 6) is 0.814. The van der Waals surface area contributed by atoms with E-state index in [0.29, 0.717) is 33.5 Å². The molecule has 8 heteroatoms. The Morgan fingerprint density at radius 1 is 1.09 bits per heavy atom. The molecule has 0 fully saturated rings. The fourth-order valence-electron chi connectivity index (χ4n) is 3.04. The molecule has 0 aliphatic carbocycles. The Kier molecular flexibility index (Phi) is 6.39. The van der Waals surface area contributed by atoms with E-state index in [1.165, 1.54) is 0 Å². The van der Waals surface area contributed by atoms with Crippen LogP contribution in [0.2, 0.25) is 5.02 Å². The maximum Gasteiger partial charge on any atom is 0.257 e. The van der Waals surface area contributed by atoms with Crippen molar-refractivity contribution in [3.63, 3.8) is 0 Å². The number of oxazole rings is 1. The molecule has 4 aromatic rings. The van der Waals surface area contributed by atoms with Crippen LogP contribution in [0.25, 0.3) is 22.6 Å². The van der Waals surface area contributed by atoms with Crippen molar-refractivity contribution in [3.8, 4) is 17.2 Å². The van der Waals surface area contributed by atoms with E-state index in [1.54, 1.807) is 42.5 Å². The lowest BCUT2D eigenvalue weighted by Gasteiger charge is -2.12. The number of halogens is 1. The molecule has 0 bridgehead atoms. The van der Waals surface area contributed by atoms with Gasteiger partial charge in [0.15, 0.2) is 10.7 Å². The molecule has 0 aliphatic heterocycles. The van der Waals surface area contributed by atoms with Crippen LogP contribution in [0, 0.1) is 0 Å². The van der Waals surface area contributed by atoms with Crippen LogP contribution in [0.1, 0.15) is 24.2 Å². The molecule has 1 heterocycles. The SMILES string of the molecule is CC(C)Oc1ccc(C(=O)NC(=S)Nc2cc(-c3nc4ccccc4o3)ccc2Cl)cc1. The van der Waals surface area contributed by atoms with Gasteiger partial charge in [-0.2, -0.15) is 0 Å². The number of fused-ring (bicyclic) bond motifs is 1. The number of thiocarbonyl (C=S) groups is 1. The zero-order chi connectivity index (χ0) is 22.7. The van der Waals surface area contributed by atoms with Gasteiger partial charge in [0.25, 0.3) is 5.91 Å². The van der Waals surface area contributed by atoms with Crippen molar-refractivity contribution in [3.05, 3.63) is 77.3 Å². The van der Waals surface area contributed by atoms with E-state index in [-0.39, 0.29) is 17.1 Å². The van der Waals surface area contributed by atoms with Gasteiger partial charge in [-0.25, -0.2) is 4.98 Å². The van der Waals surface area contributed by atoms with Crippen molar-refractivity contribution in [2.24, 2.45) is 0 Å². The molecule has 0 saturated heterocycles. The molecule has 0 atom stereocenters. The maximum atomic E-state index is 12.5. The zero-order valence-electron chi connectivity index (χ0n) is 17.4. The number of anilines is 1. The van der Waals surface area contributed by atoms with Crippen molar-refractivity contribution in [2.75, 3.05) is 5.32 Å². The summed E-state index contributed by atoms with van der Waals surface area (Å²) in [7, 11) is 0. The van der Waals surface area contributed by atoms with Crippen molar-refractivity contribution >= 4 is 51.6 Å². The number of hydrogen-bond donors (Lipinski definition) is 2. The van der Waals surface area contributed by atoms with E-state index in [4.69, 9.17) is 33.0 Å². The number of rotatable bonds is 5. The highest BCUT2D eigenvalue weighted by Gasteiger charge is 2.13. The summed E-state index contributed by atoms with van der Waals surface area (Å²) in [6.07, 6.45) is 0.0572. The molecule has 4 rings (SSSR count). The van der Waals surface area contributed by atoms with Crippen LogP contribution in [0.15, 0.2) is 71.1 Å². The first kappa shape index (κ1) is 21.8. The zero-order valence-corrected chi connectivity index (χ0v) is 19.0. The smallest absolute Gasteiger partial charge is 0.257 e. The number of carbonyl (C=O) groups is 1. The third-order valence-electron chi connectivity index (χ3n) is 4.47. The molecule has 6 nitrogen and oxygen atoms in total. The summed E-state index contributed by atoms with van der Waals surface area (Å²) >= 11 is 11.6. The minimum atomic E-state index is -0.343. The van der Waals surface area contributed by atoms with Crippen molar-refractivity contribution in [1.82, 2.24) is 10.3 Å². The summed E-state index contributed by atoms with van der Waals surface area (Å²) in [4.78, 5) is 17.0. The lowest BCUT2D eigenvalue weighted by molar-refractivity contribution is 0.0977. The molecule has 3 aromatic carbocycles. The Bertz CT molecular complexity index is 1250. The third kappa shape index (κ3) is 5.07. The van der Waals surface area contributed by atoms with Crippen LogP contribution in [0.4, 0.5) is 5.69 Å². The lowest BCUT2D eigenvalue weighted by atomic mass is 10.2. The van der Waals surface area contributed by atoms with Gasteiger partial charge in [0.05, 0.1) is 16.8 Å². The predicted octanol–water partition coefficient (Wildman–Crippen LogP) is 6.06. The van der Waals surface area contributed by atoms with Crippen LogP contribution in [-0.2, 0) is 0 Å². The average Bonchev–Trinajstić information content (AvgIpc) is 3.19. The minimum Gasteiger partial charge on any atom is -0.491 e. The molecule has 162 valence electrons. The van der Waals surface area contributed by atoms with Gasteiger partial charge in [-0.3, -0.25) is 10.1 Å². The van der Waals surface area contributed by atoms with Crippen LogP contribution >= 0.6 is 23.8 Å². The van der Waals surface area contributed by atoms with Crippen LogP contribution in [0.5, 0.6) is 5.75 Å². The summed E-state index contributed by atoms with van der Waals surface area (Å²) < 4.78 is 11.4. The first-order valence-corrected chi connectivity index (χ1v) is 10.7. The molecule has 2 N–H and O–H groups in total.